The third-order valence-electron chi connectivity index (χ3n) is 1.25. The Balaban J connectivity index is 2.57. The lowest BCUT2D eigenvalue weighted by Gasteiger charge is -2.04. The largest absolute Gasteiger partial charge is 0.462 e. The molecular formula is C7H8N2O4S2. The first kappa shape index (κ1) is 11.7. The van der Waals surface area contributed by atoms with Gasteiger partial charge in [-0.15, -0.1) is 0 Å². The van der Waals surface area contributed by atoms with E-state index >= 15 is 0 Å². The number of carbonyl (C=O) groups is 1. The number of furan rings is 1. The molecule has 82 valence electrons. The zero-order valence-corrected chi connectivity index (χ0v) is 9.31. The van der Waals surface area contributed by atoms with Gasteiger partial charge in [0.2, 0.25) is 10.0 Å². The van der Waals surface area contributed by atoms with Crippen molar-refractivity contribution in [2.24, 2.45) is 0 Å². The number of nitrogens with one attached hydrogen (secondary N) is 2. The van der Waals surface area contributed by atoms with Gasteiger partial charge >= 0.3 is 6.03 Å². The van der Waals surface area contributed by atoms with Crippen LogP contribution in [0.4, 0.5) is 4.79 Å². The van der Waals surface area contributed by atoms with Gasteiger partial charge in [0.1, 0.15) is 0 Å². The molecule has 1 heterocycles. The van der Waals surface area contributed by atoms with Crippen molar-refractivity contribution in [2.75, 3.05) is 6.26 Å². The van der Waals surface area contributed by atoms with Gasteiger partial charge in [0.15, 0.2) is 10.7 Å². The van der Waals surface area contributed by atoms with Gasteiger partial charge in [0.05, 0.1) is 12.5 Å². The van der Waals surface area contributed by atoms with Crippen molar-refractivity contribution in [2.45, 2.75) is 0 Å². The fourth-order valence-corrected chi connectivity index (χ4v) is 1.36. The van der Waals surface area contributed by atoms with Crippen LogP contribution in [0.2, 0.25) is 0 Å². The zero-order valence-electron chi connectivity index (χ0n) is 7.68. The van der Waals surface area contributed by atoms with Crippen molar-refractivity contribution in [1.82, 2.24) is 10.0 Å². The molecule has 0 radical (unpaired) electrons. The summed E-state index contributed by atoms with van der Waals surface area (Å²) in [7, 11) is -3.59. The number of hydrogen-bond acceptors (Lipinski definition) is 5. The van der Waals surface area contributed by atoms with E-state index in [0.717, 1.165) is 6.26 Å². The van der Waals surface area contributed by atoms with Gasteiger partial charge in [-0.05, 0) is 12.1 Å². The number of sulfonamides is 1. The number of rotatable bonds is 2. The SMILES string of the molecule is CS(=O)(=O)NC(=O)NC(=S)c1ccco1. The topological polar surface area (TPSA) is 88.4 Å². The maximum Gasteiger partial charge on any atom is 0.333 e. The monoisotopic (exact) mass is 248 g/mol. The van der Waals surface area contributed by atoms with Gasteiger partial charge in [-0.3, -0.25) is 5.32 Å². The first-order chi connectivity index (χ1) is 6.88. The molecule has 8 heteroatoms. The van der Waals surface area contributed by atoms with Crippen LogP contribution in [-0.2, 0) is 10.0 Å². The van der Waals surface area contributed by atoms with Crippen molar-refractivity contribution in [3.05, 3.63) is 24.2 Å². The van der Waals surface area contributed by atoms with Gasteiger partial charge in [-0.25, -0.2) is 17.9 Å². The van der Waals surface area contributed by atoms with Gasteiger partial charge in [-0.1, -0.05) is 12.2 Å². The minimum atomic E-state index is -3.59. The lowest BCUT2D eigenvalue weighted by Crippen LogP contribution is -2.41. The highest BCUT2D eigenvalue weighted by Crippen LogP contribution is 2.00. The maximum atomic E-state index is 11.0. The van der Waals surface area contributed by atoms with Crippen LogP contribution in [0.3, 0.4) is 0 Å². The normalized spacial score (nSPS) is 10.7. The first-order valence-corrected chi connectivity index (χ1v) is 6.05. The summed E-state index contributed by atoms with van der Waals surface area (Å²) in [5, 5.41) is 2.15. The Bertz CT molecular complexity index is 463. The molecule has 0 unspecified atom stereocenters. The number of hydrogen-bond donors (Lipinski definition) is 2. The summed E-state index contributed by atoms with van der Waals surface area (Å²) in [6, 6.07) is 2.22. The number of thiocarbonyl (C=S) groups is 1. The summed E-state index contributed by atoms with van der Waals surface area (Å²) in [5.74, 6) is 0.286. The van der Waals surface area contributed by atoms with Gasteiger partial charge < -0.3 is 4.42 Å². The smallest absolute Gasteiger partial charge is 0.333 e. The second-order valence-electron chi connectivity index (χ2n) is 2.63. The highest BCUT2D eigenvalue weighted by atomic mass is 32.2. The summed E-state index contributed by atoms with van der Waals surface area (Å²) in [6.07, 6.45) is 2.25. The van der Waals surface area contributed by atoms with Gasteiger partial charge in [0.25, 0.3) is 0 Å². The molecule has 2 amide bonds. The van der Waals surface area contributed by atoms with E-state index in [4.69, 9.17) is 16.6 Å². The second kappa shape index (κ2) is 4.41. The molecule has 1 rings (SSSR count). The van der Waals surface area contributed by atoms with E-state index in [1.165, 1.54) is 6.26 Å². The molecule has 0 fully saturated rings. The molecule has 2 N–H and O–H groups in total. The van der Waals surface area contributed by atoms with E-state index in [2.05, 4.69) is 5.32 Å². The maximum absolute atomic E-state index is 11.0. The molecule has 0 aliphatic rings. The van der Waals surface area contributed by atoms with E-state index in [9.17, 15) is 13.2 Å². The molecule has 1 aromatic rings. The van der Waals surface area contributed by atoms with Crippen LogP contribution in [0.1, 0.15) is 5.76 Å². The lowest BCUT2D eigenvalue weighted by atomic mass is 10.4. The van der Waals surface area contributed by atoms with E-state index in [1.807, 2.05) is 0 Å². The lowest BCUT2D eigenvalue weighted by molar-refractivity contribution is 0.250. The Morgan fingerprint density at radius 3 is 2.67 bits per heavy atom. The van der Waals surface area contributed by atoms with Crippen LogP contribution in [0.25, 0.3) is 0 Å². The highest BCUT2D eigenvalue weighted by molar-refractivity contribution is 7.89. The van der Waals surface area contributed by atoms with Gasteiger partial charge in [0, 0.05) is 0 Å². The Labute approximate surface area is 91.7 Å². The van der Waals surface area contributed by atoms with E-state index in [-0.39, 0.29) is 10.7 Å². The molecule has 0 saturated carbocycles. The van der Waals surface area contributed by atoms with Gasteiger partial charge in [-0.2, -0.15) is 0 Å². The van der Waals surface area contributed by atoms with Crippen LogP contribution in [0.15, 0.2) is 22.8 Å². The number of amides is 2. The average molecular weight is 248 g/mol. The summed E-state index contributed by atoms with van der Waals surface area (Å²) < 4.78 is 27.9. The van der Waals surface area contributed by atoms with Crippen LogP contribution >= 0.6 is 12.2 Å². The second-order valence-corrected chi connectivity index (χ2v) is 4.79. The summed E-state index contributed by atoms with van der Waals surface area (Å²) >= 11 is 4.78. The van der Waals surface area contributed by atoms with Crippen LogP contribution in [0, 0.1) is 0 Å². The number of urea groups is 1. The Hall–Kier alpha value is -1.41. The Kier molecular flexibility index (Phi) is 3.43. The molecule has 0 spiro atoms. The standard InChI is InChI=1S/C7H8N2O4S2/c1-15(11,12)9-7(10)8-6(14)5-3-2-4-13-5/h2-4H,1H3,(H2,8,9,10,14). The predicted molar refractivity (Wildman–Crippen MR) is 56.9 cm³/mol. The molecule has 6 nitrogen and oxygen atoms in total. The number of carbonyl (C=O) groups excluding carboxylic acids is 1. The van der Waals surface area contributed by atoms with Crippen LogP contribution < -0.4 is 10.0 Å². The fourth-order valence-electron chi connectivity index (χ4n) is 0.766. The molecule has 0 aromatic carbocycles. The van der Waals surface area contributed by atoms with E-state index in [0.29, 0.717) is 0 Å². The third-order valence-corrected chi connectivity index (χ3v) is 2.11. The minimum Gasteiger partial charge on any atom is -0.462 e. The van der Waals surface area contributed by atoms with Crippen LogP contribution in [-0.4, -0.2) is 25.7 Å². The van der Waals surface area contributed by atoms with Crippen molar-refractivity contribution in [3.8, 4) is 0 Å². The molecular weight excluding hydrogens is 240 g/mol. The fraction of sp³-hybridized carbons (Fsp3) is 0.143. The molecule has 0 bridgehead atoms. The van der Waals surface area contributed by atoms with Crippen molar-refractivity contribution in [3.63, 3.8) is 0 Å². The first-order valence-electron chi connectivity index (χ1n) is 3.75. The third kappa shape index (κ3) is 4.09. The Morgan fingerprint density at radius 2 is 2.20 bits per heavy atom. The summed E-state index contributed by atoms with van der Waals surface area (Å²) in [4.78, 5) is 11.0. The molecule has 1 aromatic heterocycles. The summed E-state index contributed by atoms with van der Waals surface area (Å²) in [6.45, 7) is 0. The molecule has 15 heavy (non-hydrogen) atoms. The van der Waals surface area contributed by atoms with Crippen molar-refractivity contribution in [1.29, 1.82) is 0 Å². The quantitative estimate of drug-likeness (QED) is 0.731. The van der Waals surface area contributed by atoms with E-state index in [1.54, 1.807) is 16.9 Å². The van der Waals surface area contributed by atoms with Crippen molar-refractivity contribution >= 4 is 33.3 Å². The Morgan fingerprint density at radius 1 is 1.53 bits per heavy atom. The van der Waals surface area contributed by atoms with E-state index < -0.39 is 16.1 Å². The summed E-state index contributed by atoms with van der Waals surface area (Å²) in [5.41, 5.74) is 0. The molecule has 0 aliphatic heterocycles. The van der Waals surface area contributed by atoms with Crippen molar-refractivity contribution < 1.29 is 17.6 Å². The highest BCUT2D eigenvalue weighted by Gasteiger charge is 2.11. The molecule has 0 aliphatic carbocycles. The molecule has 0 atom stereocenters. The predicted octanol–water partition coefficient (Wildman–Crippen LogP) is 0.214. The zero-order chi connectivity index (χ0) is 11.5. The average Bonchev–Trinajstić information content (AvgIpc) is 2.50. The minimum absolute atomic E-state index is 0.0150. The van der Waals surface area contributed by atoms with Crippen LogP contribution in [0.5, 0.6) is 0 Å². The molecule has 0 saturated heterocycles.